The number of imidazole rings is 1. The minimum atomic E-state index is -1.23. The molecule has 0 N–H and O–H groups in total. The molecule has 1 heterocycles. The first-order chi connectivity index (χ1) is 8.79. The Morgan fingerprint density at radius 2 is 2.05 bits per heavy atom. The van der Waals surface area contributed by atoms with Crippen molar-refractivity contribution in [1.29, 1.82) is 0 Å². The Labute approximate surface area is 116 Å². The van der Waals surface area contributed by atoms with Crippen molar-refractivity contribution in [3.63, 3.8) is 0 Å². The maximum atomic E-state index is 12.0. The van der Waals surface area contributed by atoms with Gasteiger partial charge in [-0.15, -0.1) is 0 Å². The zero-order valence-electron chi connectivity index (χ0n) is 12.0. The van der Waals surface area contributed by atoms with E-state index in [0.29, 0.717) is 0 Å². The van der Waals surface area contributed by atoms with Crippen molar-refractivity contribution in [3.05, 3.63) is 30.1 Å². The summed E-state index contributed by atoms with van der Waals surface area (Å²) in [5, 5.41) is 0. The summed E-state index contributed by atoms with van der Waals surface area (Å²) in [7, 11) is 0.725. The van der Waals surface area contributed by atoms with Crippen LogP contribution < -0.4 is 0 Å². The molecule has 5 heteroatoms. The van der Waals surface area contributed by atoms with E-state index in [0.717, 1.165) is 22.3 Å². The molecule has 0 fully saturated rings. The maximum absolute atomic E-state index is 12.0. The summed E-state index contributed by atoms with van der Waals surface area (Å²) in [6.07, 6.45) is 1.79. The lowest BCUT2D eigenvalue weighted by Crippen LogP contribution is -2.20. The van der Waals surface area contributed by atoms with Crippen molar-refractivity contribution in [3.8, 4) is 0 Å². The van der Waals surface area contributed by atoms with Gasteiger partial charge in [-0.3, -0.25) is 0 Å². The number of hydrogen-bond donors (Lipinski definition) is 0. The Morgan fingerprint density at radius 3 is 2.68 bits per heavy atom. The highest BCUT2D eigenvalue weighted by atomic mass is 32.2. The second-order valence-electron chi connectivity index (χ2n) is 5.60. The van der Waals surface area contributed by atoms with Crippen LogP contribution in [-0.2, 0) is 18.0 Å². The highest BCUT2D eigenvalue weighted by molar-refractivity contribution is 7.85. The molecule has 2 rings (SSSR count). The van der Waals surface area contributed by atoms with Crippen LogP contribution in [0.5, 0.6) is 0 Å². The predicted molar refractivity (Wildman–Crippen MR) is 80.8 cm³/mol. The molecule has 4 nitrogen and oxygen atoms in total. The monoisotopic (exact) mass is 277 g/mol. The lowest BCUT2D eigenvalue weighted by atomic mass is 10.1. The Hall–Kier alpha value is -1.49. The summed E-state index contributed by atoms with van der Waals surface area (Å²) >= 11 is 0. The van der Waals surface area contributed by atoms with Crippen LogP contribution in [0.25, 0.3) is 11.0 Å². The van der Waals surface area contributed by atoms with E-state index in [1.807, 2.05) is 57.5 Å². The van der Waals surface area contributed by atoms with Gasteiger partial charge in [0.05, 0.1) is 27.8 Å². The summed E-state index contributed by atoms with van der Waals surface area (Å²) in [5.41, 5.74) is 3.77. The van der Waals surface area contributed by atoms with Crippen LogP contribution >= 0.6 is 0 Å². The molecule has 0 saturated heterocycles. The lowest BCUT2D eigenvalue weighted by Gasteiger charge is -2.14. The average molecular weight is 277 g/mol. The van der Waals surface area contributed by atoms with E-state index in [1.54, 1.807) is 6.33 Å². The third-order valence-electron chi connectivity index (χ3n) is 2.89. The van der Waals surface area contributed by atoms with E-state index in [-0.39, 0.29) is 4.75 Å². The van der Waals surface area contributed by atoms with E-state index >= 15 is 0 Å². The van der Waals surface area contributed by atoms with Crippen LogP contribution in [0.1, 0.15) is 33.3 Å². The fourth-order valence-electron chi connectivity index (χ4n) is 1.67. The molecule has 2 aromatic rings. The molecule has 0 aliphatic rings. The van der Waals surface area contributed by atoms with Gasteiger partial charge in [-0.25, -0.2) is 9.19 Å². The summed E-state index contributed by atoms with van der Waals surface area (Å²) < 4.78 is 18.0. The molecule has 0 bridgehead atoms. The largest absolute Gasteiger partial charge is 0.334 e. The number of aromatic nitrogens is 2. The quantitative estimate of drug-likeness (QED) is 0.792. The van der Waals surface area contributed by atoms with Gasteiger partial charge in [-0.1, -0.05) is 6.07 Å². The summed E-state index contributed by atoms with van der Waals surface area (Å²) in [4.78, 5) is 4.28. The first kappa shape index (κ1) is 13.9. The predicted octanol–water partition coefficient (Wildman–Crippen LogP) is 2.84. The molecule has 0 radical (unpaired) electrons. The first-order valence-corrected chi connectivity index (χ1v) is 7.28. The van der Waals surface area contributed by atoms with E-state index in [1.165, 1.54) is 0 Å². The van der Waals surface area contributed by atoms with Crippen LogP contribution in [0.3, 0.4) is 0 Å². The fourth-order valence-corrected chi connectivity index (χ4v) is 2.29. The summed E-state index contributed by atoms with van der Waals surface area (Å²) in [6.45, 7) is 7.65. The van der Waals surface area contributed by atoms with Crippen molar-refractivity contribution in [2.45, 2.75) is 32.4 Å². The Bertz CT molecular complexity index is 665. The highest BCUT2D eigenvalue weighted by Crippen LogP contribution is 2.17. The molecule has 1 aromatic carbocycles. The van der Waals surface area contributed by atoms with Gasteiger partial charge in [0.25, 0.3) is 0 Å². The van der Waals surface area contributed by atoms with E-state index in [2.05, 4.69) is 9.38 Å². The maximum Gasteiger partial charge on any atom is 0.145 e. The van der Waals surface area contributed by atoms with Gasteiger partial charge in [0.2, 0.25) is 0 Å². The second kappa shape index (κ2) is 4.89. The van der Waals surface area contributed by atoms with Gasteiger partial charge < -0.3 is 4.57 Å². The van der Waals surface area contributed by atoms with Crippen LogP contribution in [0.4, 0.5) is 0 Å². The Balaban J connectivity index is 2.41. The molecule has 102 valence electrons. The minimum absolute atomic E-state index is 0.335. The topological polar surface area (TPSA) is 47.2 Å². The number of benzene rings is 1. The molecule has 0 amide bonds. The zero-order chi connectivity index (χ0) is 14.2. The molecule has 0 unspecified atom stereocenters. The van der Waals surface area contributed by atoms with Gasteiger partial charge in [0, 0.05) is 7.05 Å². The number of aryl methyl sites for hydroxylation is 1. The smallest absolute Gasteiger partial charge is 0.145 e. The van der Waals surface area contributed by atoms with Crippen LogP contribution in [0.15, 0.2) is 28.9 Å². The van der Waals surface area contributed by atoms with Crippen molar-refractivity contribution < 1.29 is 4.21 Å². The SMILES string of the molecule is C/C(=N\[S@@](=O)C(C)(C)C)c1ccc2ncn(C)c2c1. The van der Waals surface area contributed by atoms with Crippen molar-refractivity contribution in [2.75, 3.05) is 0 Å². The first-order valence-electron chi connectivity index (χ1n) is 6.18. The molecule has 1 atom stereocenters. The minimum Gasteiger partial charge on any atom is -0.334 e. The van der Waals surface area contributed by atoms with Crippen molar-refractivity contribution in [2.24, 2.45) is 11.4 Å². The van der Waals surface area contributed by atoms with Crippen LogP contribution in [0, 0.1) is 0 Å². The average Bonchev–Trinajstić information content (AvgIpc) is 2.69. The van der Waals surface area contributed by atoms with Gasteiger partial charge in [-0.05, 0) is 45.4 Å². The number of rotatable bonds is 2. The summed E-state index contributed by atoms with van der Waals surface area (Å²) in [6, 6.07) is 5.96. The molecular formula is C14H19N3OS. The molecule has 0 aliphatic heterocycles. The fraction of sp³-hybridized carbons (Fsp3) is 0.429. The van der Waals surface area contributed by atoms with Crippen LogP contribution in [0.2, 0.25) is 0 Å². The molecule has 19 heavy (non-hydrogen) atoms. The normalized spacial score (nSPS) is 14.9. The van der Waals surface area contributed by atoms with Crippen molar-refractivity contribution in [1.82, 2.24) is 9.55 Å². The van der Waals surface area contributed by atoms with Crippen molar-refractivity contribution >= 4 is 27.7 Å². The molecule has 0 spiro atoms. The van der Waals surface area contributed by atoms with Gasteiger partial charge in [0.1, 0.15) is 11.0 Å². The standard InChI is InChI=1S/C14H19N3OS/c1-10(16-19(18)14(2,3)4)11-6-7-12-13(8-11)17(5)9-15-12/h6-9H,1-5H3/b16-10+/t19-/m0/s1. The second-order valence-corrected chi connectivity index (χ2v) is 7.50. The van der Waals surface area contributed by atoms with Gasteiger partial charge in [-0.2, -0.15) is 4.40 Å². The molecule has 0 aliphatic carbocycles. The van der Waals surface area contributed by atoms with E-state index in [9.17, 15) is 4.21 Å². The lowest BCUT2D eigenvalue weighted by molar-refractivity contribution is 0.650. The zero-order valence-corrected chi connectivity index (χ0v) is 12.8. The third-order valence-corrected chi connectivity index (χ3v) is 4.37. The molecular weight excluding hydrogens is 258 g/mol. The van der Waals surface area contributed by atoms with E-state index < -0.39 is 11.0 Å². The highest BCUT2D eigenvalue weighted by Gasteiger charge is 2.19. The number of nitrogens with zero attached hydrogens (tertiary/aromatic N) is 3. The number of hydrogen-bond acceptors (Lipinski definition) is 2. The molecule has 1 aromatic heterocycles. The Kier molecular flexibility index (Phi) is 3.58. The molecule has 0 saturated carbocycles. The van der Waals surface area contributed by atoms with Gasteiger partial charge >= 0.3 is 0 Å². The van der Waals surface area contributed by atoms with E-state index in [4.69, 9.17) is 0 Å². The number of fused-ring (bicyclic) bond motifs is 1. The van der Waals surface area contributed by atoms with Gasteiger partial charge in [0.15, 0.2) is 0 Å². The Morgan fingerprint density at radius 1 is 1.37 bits per heavy atom. The third kappa shape index (κ3) is 2.92. The summed E-state index contributed by atoms with van der Waals surface area (Å²) in [5.74, 6) is 0. The van der Waals surface area contributed by atoms with Crippen LogP contribution in [-0.4, -0.2) is 24.2 Å².